The average Bonchev–Trinajstić information content (AvgIpc) is 2.53. The minimum atomic E-state index is -0.110. The number of fused-ring (bicyclic) bond motifs is 1. The lowest BCUT2D eigenvalue weighted by atomic mass is 9.95. The lowest BCUT2D eigenvalue weighted by Gasteiger charge is -2.38. The van der Waals surface area contributed by atoms with Crippen molar-refractivity contribution < 1.29 is 14.3 Å². The second-order valence-corrected chi connectivity index (χ2v) is 6.09. The number of morpholine rings is 1. The van der Waals surface area contributed by atoms with Crippen LogP contribution in [0.1, 0.15) is 12.5 Å². The van der Waals surface area contributed by atoms with Crippen LogP contribution in [0.2, 0.25) is 0 Å². The number of nitrogens with zero attached hydrogens (tertiary/aromatic N) is 1. The van der Waals surface area contributed by atoms with Crippen molar-refractivity contribution in [3.05, 3.63) is 29.8 Å². The lowest BCUT2D eigenvalue weighted by Crippen LogP contribution is -2.52. The first kappa shape index (κ1) is 14.7. The summed E-state index contributed by atoms with van der Waals surface area (Å²) in [5.41, 5.74) is 1.11. The van der Waals surface area contributed by atoms with Gasteiger partial charge in [0.05, 0.1) is 24.0 Å². The van der Waals surface area contributed by atoms with E-state index in [1.165, 1.54) is 0 Å². The molecule has 2 aliphatic heterocycles. The van der Waals surface area contributed by atoms with Gasteiger partial charge in [0.1, 0.15) is 12.4 Å². The van der Waals surface area contributed by atoms with E-state index in [9.17, 15) is 4.79 Å². The number of carbonyl (C=O) groups excluding carboxylic acids is 1. The van der Waals surface area contributed by atoms with Gasteiger partial charge in [0.25, 0.3) is 0 Å². The van der Waals surface area contributed by atoms with E-state index in [4.69, 9.17) is 21.1 Å². The number of rotatable bonds is 2. The average molecular weight is 310 g/mol. The molecule has 2 aliphatic rings. The van der Waals surface area contributed by atoms with Crippen LogP contribution in [-0.4, -0.2) is 48.6 Å². The maximum atomic E-state index is 12.7. The third kappa shape index (κ3) is 3.16. The fourth-order valence-electron chi connectivity index (χ4n) is 3.06. The van der Waals surface area contributed by atoms with Crippen molar-refractivity contribution in [1.29, 1.82) is 0 Å². The second-order valence-electron chi connectivity index (χ2n) is 5.79. The standard InChI is InChI=1S/C16H20ClNO3/c1-11-8-18(9-14(7-17)21-11)16(19)13-6-12-4-2-3-5-15(12)20-10-13/h2-5,11,13-14H,6-10H2,1H3. The molecule has 3 unspecified atom stereocenters. The zero-order valence-electron chi connectivity index (χ0n) is 12.1. The fraction of sp³-hybridized carbons (Fsp3) is 0.562. The Hall–Kier alpha value is -1.26. The van der Waals surface area contributed by atoms with Crippen molar-refractivity contribution >= 4 is 17.5 Å². The number of benzene rings is 1. The highest BCUT2D eigenvalue weighted by Gasteiger charge is 2.34. The molecule has 1 aromatic carbocycles. The summed E-state index contributed by atoms with van der Waals surface area (Å²) in [5, 5.41) is 0. The normalized spacial score (nSPS) is 28.7. The van der Waals surface area contributed by atoms with Crippen molar-refractivity contribution in [2.24, 2.45) is 5.92 Å². The Morgan fingerprint density at radius 2 is 2.19 bits per heavy atom. The van der Waals surface area contributed by atoms with Gasteiger partial charge in [-0.05, 0) is 25.0 Å². The first-order chi connectivity index (χ1) is 10.2. The van der Waals surface area contributed by atoms with Crippen molar-refractivity contribution in [2.75, 3.05) is 25.6 Å². The van der Waals surface area contributed by atoms with Crippen LogP contribution in [0.5, 0.6) is 5.75 Å². The maximum Gasteiger partial charge on any atom is 0.229 e. The summed E-state index contributed by atoms with van der Waals surface area (Å²) in [6.45, 7) is 3.63. The van der Waals surface area contributed by atoms with Gasteiger partial charge >= 0.3 is 0 Å². The second kappa shape index (κ2) is 6.24. The zero-order chi connectivity index (χ0) is 14.8. The number of alkyl halides is 1. The third-order valence-electron chi connectivity index (χ3n) is 4.04. The quantitative estimate of drug-likeness (QED) is 0.785. The molecule has 0 bridgehead atoms. The Kier molecular flexibility index (Phi) is 4.36. The summed E-state index contributed by atoms with van der Waals surface area (Å²) < 4.78 is 11.4. The lowest BCUT2D eigenvalue weighted by molar-refractivity contribution is -0.148. The first-order valence-electron chi connectivity index (χ1n) is 7.38. The van der Waals surface area contributed by atoms with E-state index in [0.717, 1.165) is 17.7 Å². The van der Waals surface area contributed by atoms with Crippen LogP contribution in [-0.2, 0) is 16.0 Å². The minimum Gasteiger partial charge on any atom is -0.492 e. The zero-order valence-corrected chi connectivity index (χ0v) is 12.9. The smallest absolute Gasteiger partial charge is 0.229 e. The van der Waals surface area contributed by atoms with Gasteiger partial charge in [0, 0.05) is 13.1 Å². The molecule has 0 spiro atoms. The van der Waals surface area contributed by atoms with Crippen LogP contribution in [0.25, 0.3) is 0 Å². The van der Waals surface area contributed by atoms with Gasteiger partial charge in [-0.25, -0.2) is 0 Å². The van der Waals surface area contributed by atoms with Gasteiger partial charge in [0.2, 0.25) is 5.91 Å². The Morgan fingerprint density at radius 1 is 1.38 bits per heavy atom. The molecule has 0 N–H and O–H groups in total. The Labute approximate surface area is 130 Å². The Morgan fingerprint density at radius 3 is 3.00 bits per heavy atom. The number of amides is 1. The van der Waals surface area contributed by atoms with Crippen molar-refractivity contribution in [2.45, 2.75) is 25.6 Å². The van der Waals surface area contributed by atoms with Gasteiger partial charge in [0.15, 0.2) is 0 Å². The van der Waals surface area contributed by atoms with Gasteiger partial charge in [-0.3, -0.25) is 4.79 Å². The molecule has 3 atom stereocenters. The largest absolute Gasteiger partial charge is 0.492 e. The molecule has 2 heterocycles. The molecule has 0 radical (unpaired) electrons. The monoisotopic (exact) mass is 309 g/mol. The maximum absolute atomic E-state index is 12.7. The Balaban J connectivity index is 1.68. The summed E-state index contributed by atoms with van der Waals surface area (Å²) >= 11 is 5.88. The fourth-order valence-corrected chi connectivity index (χ4v) is 3.23. The summed E-state index contributed by atoms with van der Waals surface area (Å²) in [5.74, 6) is 1.35. The van der Waals surface area contributed by atoms with Crippen LogP contribution in [0, 0.1) is 5.92 Å². The molecular weight excluding hydrogens is 290 g/mol. The molecule has 21 heavy (non-hydrogen) atoms. The van der Waals surface area contributed by atoms with E-state index >= 15 is 0 Å². The predicted molar refractivity (Wildman–Crippen MR) is 80.8 cm³/mol. The van der Waals surface area contributed by atoms with Crippen LogP contribution in [0.4, 0.5) is 0 Å². The number of ether oxygens (including phenoxy) is 2. The molecule has 1 fully saturated rings. The highest BCUT2D eigenvalue weighted by atomic mass is 35.5. The highest BCUT2D eigenvalue weighted by Crippen LogP contribution is 2.28. The molecule has 0 aromatic heterocycles. The summed E-state index contributed by atoms with van der Waals surface area (Å²) in [6, 6.07) is 7.92. The summed E-state index contributed by atoms with van der Waals surface area (Å²) in [4.78, 5) is 14.6. The number of hydrogen-bond donors (Lipinski definition) is 0. The molecule has 0 saturated carbocycles. The molecule has 114 valence electrons. The van der Waals surface area contributed by atoms with E-state index in [-0.39, 0.29) is 24.0 Å². The van der Waals surface area contributed by atoms with Crippen molar-refractivity contribution in [1.82, 2.24) is 4.90 Å². The van der Waals surface area contributed by atoms with Crippen LogP contribution >= 0.6 is 11.6 Å². The van der Waals surface area contributed by atoms with E-state index < -0.39 is 0 Å². The first-order valence-corrected chi connectivity index (χ1v) is 7.91. The summed E-state index contributed by atoms with van der Waals surface area (Å²) in [6.07, 6.45) is 0.700. The number of carbonyl (C=O) groups is 1. The van der Waals surface area contributed by atoms with Crippen LogP contribution < -0.4 is 4.74 Å². The SMILES string of the molecule is CC1CN(C(=O)C2COc3ccccc3C2)CC(CCl)O1. The van der Waals surface area contributed by atoms with E-state index in [1.807, 2.05) is 36.1 Å². The van der Waals surface area contributed by atoms with Gasteiger partial charge < -0.3 is 14.4 Å². The van der Waals surface area contributed by atoms with Crippen molar-refractivity contribution in [3.8, 4) is 5.75 Å². The molecule has 1 aromatic rings. The van der Waals surface area contributed by atoms with Gasteiger partial charge in [-0.2, -0.15) is 0 Å². The number of para-hydroxylation sites is 1. The molecule has 0 aliphatic carbocycles. The molecule has 1 saturated heterocycles. The molecular formula is C16H20ClNO3. The predicted octanol–water partition coefficient (Wildman–Crippen LogP) is 2.09. The molecule has 3 rings (SSSR count). The highest BCUT2D eigenvalue weighted by molar-refractivity contribution is 6.18. The van der Waals surface area contributed by atoms with E-state index in [1.54, 1.807) is 0 Å². The van der Waals surface area contributed by atoms with Crippen molar-refractivity contribution in [3.63, 3.8) is 0 Å². The number of halogens is 1. The minimum absolute atomic E-state index is 0.0308. The third-order valence-corrected chi connectivity index (χ3v) is 4.38. The Bertz CT molecular complexity index is 522. The summed E-state index contributed by atoms with van der Waals surface area (Å²) in [7, 11) is 0. The van der Waals surface area contributed by atoms with Crippen LogP contribution in [0.3, 0.4) is 0 Å². The topological polar surface area (TPSA) is 38.8 Å². The van der Waals surface area contributed by atoms with Gasteiger partial charge in [-0.15, -0.1) is 11.6 Å². The van der Waals surface area contributed by atoms with E-state index in [2.05, 4.69) is 0 Å². The molecule has 1 amide bonds. The van der Waals surface area contributed by atoms with E-state index in [0.29, 0.717) is 25.6 Å². The molecule has 5 heteroatoms. The molecule has 4 nitrogen and oxygen atoms in total. The number of hydrogen-bond acceptors (Lipinski definition) is 3. The van der Waals surface area contributed by atoms with Crippen LogP contribution in [0.15, 0.2) is 24.3 Å². The van der Waals surface area contributed by atoms with Gasteiger partial charge in [-0.1, -0.05) is 18.2 Å².